The number of rotatable bonds is 5. The average molecular weight is 462 g/mol. The normalized spacial score (nSPS) is 16.0. The Morgan fingerprint density at radius 1 is 1.16 bits per heavy atom. The first-order valence-corrected chi connectivity index (χ1v) is 12.5. The number of fused-ring (bicyclic) bond motifs is 1. The summed E-state index contributed by atoms with van der Waals surface area (Å²) in [6, 6.07) is 11.4. The lowest BCUT2D eigenvalue weighted by Crippen LogP contribution is -2.40. The Kier molecular flexibility index (Phi) is 5.95. The number of aromatic amines is 1. The van der Waals surface area contributed by atoms with Crippen molar-refractivity contribution in [3.63, 3.8) is 0 Å². The number of benzene rings is 1. The van der Waals surface area contributed by atoms with Crippen LogP contribution in [-0.4, -0.2) is 49.9 Å². The van der Waals surface area contributed by atoms with Crippen molar-refractivity contribution in [1.29, 1.82) is 0 Å². The molecule has 0 unspecified atom stereocenters. The third-order valence-electron chi connectivity index (χ3n) is 5.36. The van der Waals surface area contributed by atoms with Crippen LogP contribution in [0, 0.1) is 0 Å². The predicted octanol–water partition coefficient (Wildman–Crippen LogP) is 3.48. The first-order chi connectivity index (χ1) is 14.6. The van der Waals surface area contributed by atoms with Crippen LogP contribution in [0.2, 0.25) is 0 Å². The monoisotopic (exact) mass is 461 g/mol. The summed E-state index contributed by atoms with van der Waals surface area (Å²) < 4.78 is 32.5. The molecular weight excluding hydrogens is 434 g/mol. The number of nitrogens with one attached hydrogen (secondary N) is 2. The standard InChI is InChI=1S/C22H27N3O4S2/c1-22(2,3)16-5-4-15-12-19(24-18(15)13-16)21(26)23-14-17-6-7-20(30-17)31(27,28)25-8-10-29-11-9-25/h4-7,12-13,24H,8-11,14H2,1-3H3,(H,23,26). The van der Waals surface area contributed by atoms with Crippen molar-refractivity contribution in [2.75, 3.05) is 26.3 Å². The molecule has 1 aliphatic heterocycles. The number of hydrogen-bond acceptors (Lipinski definition) is 5. The molecule has 1 aromatic carbocycles. The van der Waals surface area contributed by atoms with E-state index in [1.165, 1.54) is 21.2 Å². The first-order valence-electron chi connectivity index (χ1n) is 10.2. The van der Waals surface area contributed by atoms with Crippen molar-refractivity contribution in [1.82, 2.24) is 14.6 Å². The first kappa shape index (κ1) is 22.0. The van der Waals surface area contributed by atoms with E-state index >= 15 is 0 Å². The lowest BCUT2D eigenvalue weighted by molar-refractivity contribution is 0.0731. The molecule has 166 valence electrons. The molecule has 0 bridgehead atoms. The van der Waals surface area contributed by atoms with E-state index in [0.29, 0.717) is 36.2 Å². The molecule has 0 atom stereocenters. The van der Waals surface area contributed by atoms with Gasteiger partial charge in [0.05, 0.1) is 19.8 Å². The highest BCUT2D eigenvalue weighted by molar-refractivity contribution is 7.91. The van der Waals surface area contributed by atoms with Gasteiger partial charge in [-0.1, -0.05) is 32.9 Å². The molecule has 31 heavy (non-hydrogen) atoms. The summed E-state index contributed by atoms with van der Waals surface area (Å²) in [6.07, 6.45) is 0. The van der Waals surface area contributed by atoms with Gasteiger partial charge in [0.1, 0.15) is 9.90 Å². The molecule has 9 heteroatoms. The molecule has 0 aliphatic carbocycles. The second-order valence-corrected chi connectivity index (χ2v) is 12.0. The van der Waals surface area contributed by atoms with E-state index in [2.05, 4.69) is 43.2 Å². The maximum atomic E-state index is 12.7. The van der Waals surface area contributed by atoms with Crippen LogP contribution in [0.4, 0.5) is 0 Å². The van der Waals surface area contributed by atoms with Gasteiger partial charge in [0.15, 0.2) is 0 Å². The fourth-order valence-electron chi connectivity index (χ4n) is 3.48. The van der Waals surface area contributed by atoms with E-state index in [-0.39, 0.29) is 17.9 Å². The molecule has 0 radical (unpaired) electrons. The lowest BCUT2D eigenvalue weighted by atomic mass is 9.87. The quantitative estimate of drug-likeness (QED) is 0.609. The van der Waals surface area contributed by atoms with Crippen molar-refractivity contribution in [3.8, 4) is 0 Å². The summed E-state index contributed by atoms with van der Waals surface area (Å²) in [5.41, 5.74) is 2.63. The van der Waals surface area contributed by atoms with Gasteiger partial charge in [-0.2, -0.15) is 4.31 Å². The van der Waals surface area contributed by atoms with E-state index in [9.17, 15) is 13.2 Å². The van der Waals surface area contributed by atoms with Crippen LogP contribution in [0.25, 0.3) is 10.9 Å². The minimum atomic E-state index is -3.51. The van der Waals surface area contributed by atoms with Gasteiger partial charge in [0, 0.05) is 28.9 Å². The summed E-state index contributed by atoms with van der Waals surface area (Å²) in [4.78, 5) is 16.6. The molecular formula is C22H27N3O4S2. The van der Waals surface area contributed by atoms with Crippen molar-refractivity contribution in [2.24, 2.45) is 0 Å². The van der Waals surface area contributed by atoms with Gasteiger partial charge < -0.3 is 15.0 Å². The number of nitrogens with zero attached hydrogens (tertiary/aromatic N) is 1. The zero-order chi connectivity index (χ0) is 22.2. The molecule has 0 spiro atoms. The van der Waals surface area contributed by atoms with Crippen LogP contribution in [0.5, 0.6) is 0 Å². The molecule has 2 N–H and O–H groups in total. The Hall–Kier alpha value is -2.20. The third-order valence-corrected chi connectivity index (χ3v) is 8.81. The number of ether oxygens (including phenoxy) is 1. The van der Waals surface area contributed by atoms with Crippen molar-refractivity contribution in [3.05, 3.63) is 52.5 Å². The summed E-state index contributed by atoms with van der Waals surface area (Å²) in [5.74, 6) is -0.223. The van der Waals surface area contributed by atoms with Crippen LogP contribution in [0.1, 0.15) is 41.7 Å². The molecule has 1 amide bonds. The van der Waals surface area contributed by atoms with Crippen LogP contribution in [0.15, 0.2) is 40.6 Å². The highest BCUT2D eigenvalue weighted by Crippen LogP contribution is 2.27. The Morgan fingerprint density at radius 2 is 1.90 bits per heavy atom. The van der Waals surface area contributed by atoms with Gasteiger partial charge in [0.2, 0.25) is 0 Å². The number of hydrogen-bond donors (Lipinski definition) is 2. The van der Waals surface area contributed by atoms with Crippen LogP contribution in [0.3, 0.4) is 0 Å². The van der Waals surface area contributed by atoms with Crippen LogP contribution < -0.4 is 5.32 Å². The zero-order valence-electron chi connectivity index (χ0n) is 17.9. The highest BCUT2D eigenvalue weighted by Gasteiger charge is 2.27. The van der Waals surface area contributed by atoms with E-state index in [1.807, 2.05) is 12.1 Å². The Labute approximate surface area is 186 Å². The van der Waals surface area contributed by atoms with Gasteiger partial charge in [-0.15, -0.1) is 11.3 Å². The second kappa shape index (κ2) is 8.38. The maximum Gasteiger partial charge on any atom is 0.268 e. The lowest BCUT2D eigenvalue weighted by Gasteiger charge is -2.25. The number of aromatic nitrogens is 1. The smallest absolute Gasteiger partial charge is 0.268 e. The van der Waals surface area contributed by atoms with Gasteiger partial charge in [0.25, 0.3) is 15.9 Å². The molecule has 4 rings (SSSR count). The minimum Gasteiger partial charge on any atom is -0.379 e. The fourth-order valence-corrected chi connectivity index (χ4v) is 6.34. The molecule has 1 saturated heterocycles. The van der Waals surface area contributed by atoms with E-state index in [1.54, 1.807) is 12.1 Å². The number of thiophene rings is 1. The molecule has 2 aromatic heterocycles. The maximum absolute atomic E-state index is 12.7. The Bertz CT molecular complexity index is 1200. The Balaban J connectivity index is 1.43. The van der Waals surface area contributed by atoms with Gasteiger partial charge in [-0.25, -0.2) is 8.42 Å². The van der Waals surface area contributed by atoms with Gasteiger partial charge in [-0.3, -0.25) is 4.79 Å². The van der Waals surface area contributed by atoms with E-state index in [4.69, 9.17) is 4.74 Å². The highest BCUT2D eigenvalue weighted by atomic mass is 32.2. The molecule has 1 fully saturated rings. The molecule has 3 aromatic rings. The summed E-state index contributed by atoms with van der Waals surface area (Å²) >= 11 is 1.18. The number of sulfonamides is 1. The zero-order valence-corrected chi connectivity index (χ0v) is 19.5. The molecule has 3 heterocycles. The third kappa shape index (κ3) is 4.69. The number of carbonyl (C=O) groups excluding carboxylic acids is 1. The van der Waals surface area contributed by atoms with Crippen LogP contribution in [-0.2, 0) is 26.7 Å². The fraction of sp³-hybridized carbons (Fsp3) is 0.409. The summed E-state index contributed by atoms with van der Waals surface area (Å²) in [5, 5.41) is 3.86. The van der Waals surface area contributed by atoms with Crippen molar-refractivity contribution in [2.45, 2.75) is 36.9 Å². The number of amides is 1. The van der Waals surface area contributed by atoms with E-state index in [0.717, 1.165) is 15.8 Å². The minimum absolute atomic E-state index is 0.0279. The summed E-state index contributed by atoms with van der Waals surface area (Å²) in [6.45, 7) is 8.28. The average Bonchev–Trinajstić information content (AvgIpc) is 3.39. The predicted molar refractivity (Wildman–Crippen MR) is 122 cm³/mol. The summed E-state index contributed by atoms with van der Waals surface area (Å²) in [7, 11) is -3.51. The van der Waals surface area contributed by atoms with Crippen molar-refractivity contribution >= 4 is 38.2 Å². The molecule has 7 nitrogen and oxygen atoms in total. The van der Waals surface area contributed by atoms with Crippen molar-refractivity contribution < 1.29 is 17.9 Å². The molecule has 0 saturated carbocycles. The van der Waals surface area contributed by atoms with Gasteiger partial charge >= 0.3 is 0 Å². The van der Waals surface area contributed by atoms with E-state index < -0.39 is 10.0 Å². The Morgan fingerprint density at radius 3 is 2.61 bits per heavy atom. The van der Waals surface area contributed by atoms with Crippen LogP contribution >= 0.6 is 11.3 Å². The number of morpholine rings is 1. The number of H-pyrrole nitrogens is 1. The molecule has 1 aliphatic rings. The van der Waals surface area contributed by atoms with Gasteiger partial charge in [-0.05, 0) is 35.2 Å². The number of carbonyl (C=O) groups is 1. The second-order valence-electron chi connectivity index (χ2n) is 8.65. The largest absolute Gasteiger partial charge is 0.379 e. The topological polar surface area (TPSA) is 91.5 Å². The SMILES string of the molecule is CC(C)(C)c1ccc2cc(C(=O)NCc3ccc(S(=O)(=O)N4CCOCC4)s3)[nH]c2c1.